The molecule has 0 bridgehead atoms. The molecule has 1 aliphatic carbocycles. The second-order valence-corrected chi connectivity index (χ2v) is 8.08. The number of carbonyl (C=O) groups is 4. The van der Waals surface area contributed by atoms with E-state index in [2.05, 4.69) is 0 Å². The van der Waals surface area contributed by atoms with Gasteiger partial charge < -0.3 is 4.74 Å². The molecule has 0 aromatic heterocycles. The number of hydrogen-bond donors (Lipinski definition) is 0. The molecule has 3 atom stereocenters. The minimum Gasteiger partial charge on any atom is -0.454 e. The number of benzene rings is 2. The standard InChI is InChI=1S/C25H23NO5/c1-15-9-11-17(12-10-15)21(27)14-31-25(30)18-6-4-7-19(13-18)26-23(28)20-8-3-5-16(2)22(20)24(26)29/h3-7,9-13,16,20,22H,8,14H2,1-2H3/t16-,20-,22-/m0/s1. The van der Waals surface area contributed by atoms with Crippen molar-refractivity contribution in [1.82, 2.24) is 0 Å². The number of nitrogens with zero attached hydrogens (tertiary/aromatic N) is 1. The number of amides is 2. The van der Waals surface area contributed by atoms with Crippen molar-refractivity contribution in [2.24, 2.45) is 17.8 Å². The predicted octanol–water partition coefficient (Wildman–Crippen LogP) is 3.74. The van der Waals surface area contributed by atoms with Crippen LogP contribution in [-0.2, 0) is 14.3 Å². The molecule has 1 saturated heterocycles. The Hall–Kier alpha value is -3.54. The third-order valence-corrected chi connectivity index (χ3v) is 5.92. The molecule has 0 saturated carbocycles. The van der Waals surface area contributed by atoms with Crippen molar-refractivity contribution in [2.75, 3.05) is 11.5 Å². The van der Waals surface area contributed by atoms with E-state index >= 15 is 0 Å². The second-order valence-electron chi connectivity index (χ2n) is 8.08. The molecule has 1 heterocycles. The lowest BCUT2D eigenvalue weighted by atomic mass is 9.78. The number of aryl methyl sites for hydroxylation is 1. The molecule has 158 valence electrons. The number of ketones is 1. The molecule has 2 aliphatic rings. The van der Waals surface area contributed by atoms with E-state index in [4.69, 9.17) is 4.74 Å². The van der Waals surface area contributed by atoms with E-state index in [0.29, 0.717) is 17.7 Å². The van der Waals surface area contributed by atoms with Gasteiger partial charge in [0.05, 0.1) is 23.1 Å². The zero-order valence-corrected chi connectivity index (χ0v) is 17.4. The third kappa shape index (κ3) is 3.93. The van der Waals surface area contributed by atoms with Crippen LogP contribution < -0.4 is 4.90 Å². The maximum absolute atomic E-state index is 12.9. The van der Waals surface area contributed by atoms with Crippen LogP contribution >= 0.6 is 0 Å². The molecule has 6 heteroatoms. The highest BCUT2D eigenvalue weighted by Gasteiger charge is 2.50. The van der Waals surface area contributed by atoms with Gasteiger partial charge >= 0.3 is 5.97 Å². The number of allylic oxidation sites excluding steroid dienone is 2. The zero-order chi connectivity index (χ0) is 22.1. The first-order valence-corrected chi connectivity index (χ1v) is 10.3. The van der Waals surface area contributed by atoms with Gasteiger partial charge in [0.25, 0.3) is 0 Å². The van der Waals surface area contributed by atoms with Gasteiger partial charge in [-0.2, -0.15) is 0 Å². The van der Waals surface area contributed by atoms with Crippen molar-refractivity contribution in [1.29, 1.82) is 0 Å². The SMILES string of the molecule is Cc1ccc(C(=O)COC(=O)c2cccc(N3C(=O)[C@@H]4[C@H](CC=C[C@@H]4C)C3=O)c2)cc1. The largest absolute Gasteiger partial charge is 0.454 e. The number of rotatable bonds is 5. The summed E-state index contributed by atoms with van der Waals surface area (Å²) in [6.07, 6.45) is 4.45. The smallest absolute Gasteiger partial charge is 0.338 e. The summed E-state index contributed by atoms with van der Waals surface area (Å²) in [5, 5.41) is 0. The highest BCUT2D eigenvalue weighted by molar-refractivity contribution is 6.22. The molecule has 0 N–H and O–H groups in total. The maximum atomic E-state index is 12.9. The average molecular weight is 417 g/mol. The van der Waals surface area contributed by atoms with Gasteiger partial charge in [-0.05, 0) is 37.5 Å². The summed E-state index contributed by atoms with van der Waals surface area (Å²) in [6.45, 7) is 3.46. The van der Waals surface area contributed by atoms with Crippen molar-refractivity contribution in [3.63, 3.8) is 0 Å². The van der Waals surface area contributed by atoms with Crippen LogP contribution in [0.3, 0.4) is 0 Å². The lowest BCUT2D eigenvalue weighted by Gasteiger charge is -2.22. The first-order valence-electron chi connectivity index (χ1n) is 10.3. The minimum atomic E-state index is -0.686. The zero-order valence-electron chi connectivity index (χ0n) is 17.4. The fourth-order valence-electron chi connectivity index (χ4n) is 4.21. The number of hydrogen-bond acceptors (Lipinski definition) is 5. The fraction of sp³-hybridized carbons (Fsp3) is 0.280. The van der Waals surface area contributed by atoms with Crippen LogP contribution in [0.4, 0.5) is 5.69 Å². The quantitative estimate of drug-likeness (QED) is 0.320. The summed E-state index contributed by atoms with van der Waals surface area (Å²) >= 11 is 0. The van der Waals surface area contributed by atoms with Gasteiger partial charge in [-0.15, -0.1) is 0 Å². The van der Waals surface area contributed by atoms with Crippen molar-refractivity contribution < 1.29 is 23.9 Å². The lowest BCUT2D eigenvalue weighted by molar-refractivity contribution is -0.122. The molecular formula is C25H23NO5. The number of Topliss-reactive ketones (excluding diaryl/α,β-unsaturated/α-hetero) is 1. The molecule has 0 radical (unpaired) electrons. The van der Waals surface area contributed by atoms with Crippen LogP contribution in [0, 0.1) is 24.7 Å². The number of carbonyl (C=O) groups excluding carboxylic acids is 4. The monoisotopic (exact) mass is 417 g/mol. The lowest BCUT2D eigenvalue weighted by Crippen LogP contribution is -2.31. The highest BCUT2D eigenvalue weighted by atomic mass is 16.5. The predicted molar refractivity (Wildman–Crippen MR) is 115 cm³/mol. The van der Waals surface area contributed by atoms with E-state index in [0.717, 1.165) is 5.56 Å². The van der Waals surface area contributed by atoms with Gasteiger partial charge in [0.1, 0.15) is 0 Å². The summed E-state index contributed by atoms with van der Waals surface area (Å²) in [5.41, 5.74) is 2.01. The topological polar surface area (TPSA) is 80.8 Å². The van der Waals surface area contributed by atoms with Gasteiger partial charge in [-0.3, -0.25) is 19.3 Å². The minimum absolute atomic E-state index is 0.0128. The summed E-state index contributed by atoms with van der Waals surface area (Å²) in [7, 11) is 0. The van der Waals surface area contributed by atoms with Crippen LogP contribution in [0.1, 0.15) is 39.6 Å². The van der Waals surface area contributed by atoms with E-state index in [1.54, 1.807) is 24.3 Å². The first kappa shape index (κ1) is 20.7. The van der Waals surface area contributed by atoms with Crippen LogP contribution in [0.2, 0.25) is 0 Å². The number of imide groups is 1. The van der Waals surface area contributed by atoms with Crippen LogP contribution in [0.25, 0.3) is 0 Å². The van der Waals surface area contributed by atoms with Crippen molar-refractivity contribution in [3.8, 4) is 0 Å². The molecule has 0 unspecified atom stereocenters. The first-order chi connectivity index (χ1) is 14.9. The van der Waals surface area contributed by atoms with E-state index in [1.165, 1.54) is 17.0 Å². The summed E-state index contributed by atoms with van der Waals surface area (Å²) in [4.78, 5) is 51.7. The van der Waals surface area contributed by atoms with Gasteiger partial charge in [-0.25, -0.2) is 4.79 Å². The van der Waals surface area contributed by atoms with Crippen LogP contribution in [0.5, 0.6) is 0 Å². The van der Waals surface area contributed by atoms with Crippen LogP contribution in [-0.4, -0.2) is 30.2 Å². The molecule has 2 amide bonds. The number of esters is 1. The van der Waals surface area contributed by atoms with Crippen molar-refractivity contribution >= 4 is 29.3 Å². The number of anilines is 1. The fourth-order valence-corrected chi connectivity index (χ4v) is 4.21. The Balaban J connectivity index is 1.47. The van der Waals surface area contributed by atoms with Gasteiger partial charge in [0.15, 0.2) is 12.4 Å². The molecular weight excluding hydrogens is 394 g/mol. The van der Waals surface area contributed by atoms with Gasteiger partial charge in [0, 0.05) is 5.56 Å². The molecule has 6 nitrogen and oxygen atoms in total. The summed E-state index contributed by atoms with van der Waals surface area (Å²) < 4.78 is 5.17. The molecule has 1 fully saturated rings. The Labute approximate surface area is 180 Å². The Morgan fingerprint density at radius 1 is 1.03 bits per heavy atom. The van der Waals surface area contributed by atoms with Gasteiger partial charge in [-0.1, -0.05) is 55.0 Å². The number of ether oxygens (including phenoxy) is 1. The van der Waals surface area contributed by atoms with Gasteiger partial charge in [0.2, 0.25) is 11.8 Å². The summed E-state index contributed by atoms with van der Waals surface area (Å²) in [6, 6.07) is 13.2. The highest BCUT2D eigenvalue weighted by Crippen LogP contribution is 2.40. The van der Waals surface area contributed by atoms with Crippen molar-refractivity contribution in [3.05, 3.63) is 77.4 Å². The van der Waals surface area contributed by atoms with E-state index in [1.807, 2.05) is 38.1 Å². The molecule has 0 spiro atoms. The molecule has 1 aliphatic heterocycles. The van der Waals surface area contributed by atoms with E-state index < -0.39 is 5.97 Å². The van der Waals surface area contributed by atoms with Crippen molar-refractivity contribution in [2.45, 2.75) is 20.3 Å². The average Bonchev–Trinajstić information content (AvgIpc) is 3.03. The Morgan fingerprint density at radius 3 is 2.48 bits per heavy atom. The molecule has 31 heavy (non-hydrogen) atoms. The Morgan fingerprint density at radius 2 is 1.77 bits per heavy atom. The number of fused-ring (bicyclic) bond motifs is 1. The molecule has 2 aromatic rings. The van der Waals surface area contributed by atoms with E-state index in [9.17, 15) is 19.2 Å². The Bertz CT molecular complexity index is 1090. The molecule has 2 aromatic carbocycles. The maximum Gasteiger partial charge on any atom is 0.338 e. The second kappa shape index (κ2) is 8.30. The third-order valence-electron chi connectivity index (χ3n) is 5.92. The van der Waals surface area contributed by atoms with E-state index in [-0.39, 0.29) is 47.5 Å². The Kier molecular flexibility index (Phi) is 5.55. The summed E-state index contributed by atoms with van der Waals surface area (Å²) in [5.74, 6) is -2.23. The molecule has 4 rings (SSSR count). The van der Waals surface area contributed by atoms with Crippen LogP contribution in [0.15, 0.2) is 60.7 Å². The normalized spacial score (nSPS) is 22.4.